The second-order valence-corrected chi connectivity index (χ2v) is 12.4. The lowest BCUT2D eigenvalue weighted by Crippen LogP contribution is -2.38. The number of amides is 1. The number of likely N-dealkylation sites (tertiary alicyclic amines) is 1. The van der Waals surface area contributed by atoms with Gasteiger partial charge >= 0.3 is 6.09 Å². The van der Waals surface area contributed by atoms with Gasteiger partial charge in [0, 0.05) is 36.3 Å². The highest BCUT2D eigenvalue weighted by Gasteiger charge is 2.29. The van der Waals surface area contributed by atoms with E-state index in [0.717, 1.165) is 41.3 Å². The Labute approximate surface area is 257 Å². The maximum Gasteiger partial charge on any atom is 0.410 e. The highest BCUT2D eigenvalue weighted by atomic mass is 32.1. The van der Waals surface area contributed by atoms with Crippen molar-refractivity contribution >= 4 is 44.7 Å². The molecular formula is C32H31FN6O2S2. The summed E-state index contributed by atoms with van der Waals surface area (Å²) < 4.78 is 21.2. The number of nitrogens with zero attached hydrogens (tertiary/aromatic N) is 6. The molecule has 0 N–H and O–H groups in total. The molecule has 6 rings (SSSR count). The van der Waals surface area contributed by atoms with Crippen molar-refractivity contribution in [2.45, 2.75) is 45.6 Å². The van der Waals surface area contributed by atoms with Crippen molar-refractivity contribution in [2.24, 2.45) is 0 Å². The van der Waals surface area contributed by atoms with Crippen molar-refractivity contribution in [3.05, 3.63) is 87.6 Å². The Kier molecular flexibility index (Phi) is 8.40. The number of hydrogen-bond acceptors (Lipinski definition) is 8. The largest absolute Gasteiger partial charge is 0.445 e. The zero-order chi connectivity index (χ0) is 29.9. The number of aromatic nitrogens is 3. The number of aryl methyl sites for hydroxylation is 1. The Morgan fingerprint density at radius 3 is 2.51 bits per heavy atom. The zero-order valence-electron chi connectivity index (χ0n) is 24.0. The van der Waals surface area contributed by atoms with Crippen molar-refractivity contribution < 1.29 is 13.9 Å². The minimum absolute atomic E-state index is 0.267. The third kappa shape index (κ3) is 5.85. The highest BCUT2D eigenvalue weighted by molar-refractivity contribution is 7.17. The van der Waals surface area contributed by atoms with Crippen molar-refractivity contribution in [3.63, 3.8) is 0 Å². The van der Waals surface area contributed by atoms with Gasteiger partial charge in [-0.15, -0.1) is 11.3 Å². The molecule has 0 saturated carbocycles. The van der Waals surface area contributed by atoms with Gasteiger partial charge in [-0.25, -0.2) is 19.2 Å². The van der Waals surface area contributed by atoms with Gasteiger partial charge in [0.2, 0.25) is 0 Å². The van der Waals surface area contributed by atoms with Crippen LogP contribution in [0.1, 0.15) is 53.6 Å². The monoisotopic (exact) mass is 614 g/mol. The maximum absolute atomic E-state index is 13.5. The summed E-state index contributed by atoms with van der Waals surface area (Å²) in [7, 11) is 0. The molecule has 0 unspecified atom stereocenters. The molecule has 1 aliphatic rings. The van der Waals surface area contributed by atoms with Crippen LogP contribution in [-0.2, 0) is 17.8 Å². The third-order valence-electron chi connectivity index (χ3n) is 7.72. The fourth-order valence-electron chi connectivity index (χ4n) is 5.44. The Morgan fingerprint density at radius 1 is 1.09 bits per heavy atom. The number of benzene rings is 2. The average Bonchev–Trinajstić information content (AvgIpc) is 3.75. The molecule has 0 spiro atoms. The lowest BCUT2D eigenvalue weighted by molar-refractivity contribution is 0.0872. The van der Waals surface area contributed by atoms with Crippen LogP contribution in [0.25, 0.3) is 16.2 Å². The van der Waals surface area contributed by atoms with Crippen LogP contribution in [0.4, 0.5) is 20.1 Å². The summed E-state index contributed by atoms with van der Waals surface area (Å²) in [5.41, 5.74) is 3.20. The number of nitriles is 1. The molecule has 1 aliphatic heterocycles. The Hall–Kier alpha value is -4.27. The van der Waals surface area contributed by atoms with E-state index in [0.29, 0.717) is 46.8 Å². The van der Waals surface area contributed by atoms with Crippen LogP contribution in [0.3, 0.4) is 0 Å². The van der Waals surface area contributed by atoms with Gasteiger partial charge in [0.15, 0.2) is 10.1 Å². The van der Waals surface area contributed by atoms with Gasteiger partial charge in [-0.05, 0) is 61.9 Å². The SMILES string of the molecule is CCc1nc2sc(C3CCN(C(=O)OCc4ccccc4)CC3)cn2c1N(CC)c1nc(-c2ccc(F)cc2)c(C#N)s1. The number of imidazole rings is 1. The van der Waals surface area contributed by atoms with Crippen LogP contribution in [0.2, 0.25) is 0 Å². The molecule has 2 aromatic carbocycles. The molecule has 43 heavy (non-hydrogen) atoms. The molecule has 8 nitrogen and oxygen atoms in total. The fourth-order valence-corrected chi connectivity index (χ4v) is 7.56. The summed E-state index contributed by atoms with van der Waals surface area (Å²) in [6.45, 7) is 6.35. The number of ether oxygens (including phenoxy) is 1. The zero-order valence-corrected chi connectivity index (χ0v) is 25.6. The summed E-state index contributed by atoms with van der Waals surface area (Å²) in [5.74, 6) is 0.949. The van der Waals surface area contributed by atoms with Gasteiger partial charge in [-0.3, -0.25) is 4.40 Å². The molecule has 0 atom stereocenters. The van der Waals surface area contributed by atoms with Crippen LogP contribution in [0, 0.1) is 17.1 Å². The average molecular weight is 615 g/mol. The van der Waals surface area contributed by atoms with E-state index in [-0.39, 0.29) is 18.5 Å². The Balaban J connectivity index is 1.21. The summed E-state index contributed by atoms with van der Waals surface area (Å²) in [4.78, 5) is 29.1. The van der Waals surface area contributed by atoms with Crippen molar-refractivity contribution in [3.8, 4) is 17.3 Å². The number of carbonyl (C=O) groups excluding carboxylic acids is 1. The normalized spacial score (nSPS) is 13.8. The first-order valence-electron chi connectivity index (χ1n) is 14.4. The molecule has 5 aromatic rings. The molecule has 0 bridgehead atoms. The van der Waals surface area contributed by atoms with E-state index in [9.17, 15) is 14.4 Å². The lowest BCUT2D eigenvalue weighted by atomic mass is 9.96. The standard InChI is InChI=1S/C32H31FN6O2S2/c1-3-25-29(38(4-2)31-36-28(26(18-34)42-31)23-10-12-24(33)13-11-23)39-19-27(43-30(39)35-25)22-14-16-37(17-15-22)32(40)41-20-21-8-6-5-7-9-21/h5-13,19,22H,3-4,14-17,20H2,1-2H3. The number of rotatable bonds is 8. The third-order valence-corrected chi connectivity index (χ3v) is 9.85. The van der Waals surface area contributed by atoms with Crippen molar-refractivity contribution in [1.29, 1.82) is 5.26 Å². The van der Waals surface area contributed by atoms with Crippen LogP contribution in [0.5, 0.6) is 0 Å². The van der Waals surface area contributed by atoms with Crippen LogP contribution < -0.4 is 4.90 Å². The van der Waals surface area contributed by atoms with E-state index < -0.39 is 0 Å². The Bertz CT molecular complexity index is 1770. The second-order valence-electron chi connectivity index (χ2n) is 10.4. The van der Waals surface area contributed by atoms with E-state index >= 15 is 0 Å². The minimum Gasteiger partial charge on any atom is -0.445 e. The molecule has 0 radical (unpaired) electrons. The minimum atomic E-state index is -0.330. The molecule has 3 aromatic heterocycles. The lowest BCUT2D eigenvalue weighted by Gasteiger charge is -2.30. The van der Waals surface area contributed by atoms with Gasteiger partial charge in [-0.2, -0.15) is 5.26 Å². The number of halogens is 1. The predicted octanol–water partition coefficient (Wildman–Crippen LogP) is 7.77. The van der Waals surface area contributed by atoms with Gasteiger partial charge in [0.1, 0.15) is 34.9 Å². The van der Waals surface area contributed by atoms with Gasteiger partial charge in [0.25, 0.3) is 0 Å². The van der Waals surface area contributed by atoms with Crippen LogP contribution in [0.15, 0.2) is 60.8 Å². The fraction of sp³-hybridized carbons (Fsp3) is 0.312. The molecule has 4 heterocycles. The van der Waals surface area contributed by atoms with E-state index in [2.05, 4.69) is 35.4 Å². The van der Waals surface area contributed by atoms with Gasteiger partial charge in [-0.1, -0.05) is 48.6 Å². The van der Waals surface area contributed by atoms with E-state index in [4.69, 9.17) is 14.7 Å². The first-order valence-corrected chi connectivity index (χ1v) is 16.0. The van der Waals surface area contributed by atoms with E-state index in [1.807, 2.05) is 30.3 Å². The smallest absolute Gasteiger partial charge is 0.410 e. The van der Waals surface area contributed by atoms with Crippen LogP contribution in [-0.4, -0.2) is 45.0 Å². The van der Waals surface area contributed by atoms with Crippen LogP contribution >= 0.6 is 22.7 Å². The first kappa shape index (κ1) is 28.8. The van der Waals surface area contributed by atoms with Crippen molar-refractivity contribution in [1.82, 2.24) is 19.3 Å². The quantitative estimate of drug-likeness (QED) is 0.178. The van der Waals surface area contributed by atoms with E-state index in [1.165, 1.54) is 28.3 Å². The maximum atomic E-state index is 13.5. The van der Waals surface area contributed by atoms with E-state index in [1.54, 1.807) is 28.4 Å². The molecule has 1 amide bonds. The Morgan fingerprint density at radius 2 is 1.84 bits per heavy atom. The number of anilines is 2. The van der Waals surface area contributed by atoms with Gasteiger partial charge < -0.3 is 14.5 Å². The molecule has 1 fully saturated rings. The summed E-state index contributed by atoms with van der Waals surface area (Å²) in [6.07, 6.45) is 4.38. The first-order chi connectivity index (χ1) is 21.0. The number of hydrogen-bond donors (Lipinski definition) is 0. The molecule has 11 heteroatoms. The number of carbonyl (C=O) groups is 1. The predicted molar refractivity (Wildman–Crippen MR) is 168 cm³/mol. The van der Waals surface area contributed by atoms with Gasteiger partial charge in [0.05, 0.1) is 5.69 Å². The highest BCUT2D eigenvalue weighted by Crippen LogP contribution is 2.40. The number of fused-ring (bicyclic) bond motifs is 1. The topological polar surface area (TPSA) is 86.8 Å². The number of thiazole rings is 2. The molecule has 220 valence electrons. The molecular weight excluding hydrogens is 584 g/mol. The second kappa shape index (κ2) is 12.5. The van der Waals surface area contributed by atoms with Crippen molar-refractivity contribution in [2.75, 3.05) is 24.5 Å². The number of piperidine rings is 1. The summed E-state index contributed by atoms with van der Waals surface area (Å²) >= 11 is 3.02. The summed E-state index contributed by atoms with van der Waals surface area (Å²) in [6, 6.07) is 18.1. The molecule has 0 aliphatic carbocycles. The summed E-state index contributed by atoms with van der Waals surface area (Å²) in [5, 5.41) is 10.6. The molecule has 1 saturated heterocycles.